The third-order valence-corrected chi connectivity index (χ3v) is 7.46. The minimum atomic E-state index is -3.75. The van der Waals surface area contributed by atoms with Gasteiger partial charge in [-0.15, -0.1) is 0 Å². The number of rotatable bonds is 6. The zero-order valence-corrected chi connectivity index (χ0v) is 19.1. The second-order valence-electron chi connectivity index (χ2n) is 7.86. The van der Waals surface area contributed by atoms with Crippen molar-refractivity contribution in [1.29, 1.82) is 0 Å². The molecule has 2 unspecified atom stereocenters. The normalized spacial score (nSPS) is 21.1. The summed E-state index contributed by atoms with van der Waals surface area (Å²) in [5.41, 5.74) is 0.351. The summed E-state index contributed by atoms with van der Waals surface area (Å²) in [6.45, 7) is 4.85. The standard InChI is InChI=1S/C23H28N2O6S/c1-3-29-20-12-11-17(15-21(20)32(27,28)25-13-7-4-8-14-25)24-23(26)22-16(2)30-18-9-5-6-10-19(18)31-22/h5-6,9-12,15-16,22H,3-4,7-8,13-14H2,1-2H3,(H,24,26). The van der Waals surface area contributed by atoms with Gasteiger partial charge in [-0.3, -0.25) is 4.79 Å². The van der Waals surface area contributed by atoms with Gasteiger partial charge in [0.15, 0.2) is 11.5 Å². The third kappa shape index (κ3) is 4.54. The highest BCUT2D eigenvalue weighted by molar-refractivity contribution is 7.89. The number of carbonyl (C=O) groups is 1. The minimum Gasteiger partial charge on any atom is -0.492 e. The van der Waals surface area contributed by atoms with E-state index in [0.717, 1.165) is 19.3 Å². The average molecular weight is 461 g/mol. The number of fused-ring (bicyclic) bond motifs is 1. The number of para-hydroxylation sites is 2. The van der Waals surface area contributed by atoms with Crippen molar-refractivity contribution in [3.8, 4) is 17.2 Å². The fourth-order valence-corrected chi connectivity index (χ4v) is 5.60. The molecule has 8 nitrogen and oxygen atoms in total. The molecule has 0 aromatic heterocycles. The van der Waals surface area contributed by atoms with Crippen LogP contribution in [0.3, 0.4) is 0 Å². The fourth-order valence-electron chi connectivity index (χ4n) is 3.93. The molecule has 9 heteroatoms. The van der Waals surface area contributed by atoms with Crippen LogP contribution < -0.4 is 19.5 Å². The smallest absolute Gasteiger partial charge is 0.269 e. The molecule has 0 radical (unpaired) electrons. The molecule has 0 bridgehead atoms. The molecule has 1 amide bonds. The molecule has 1 saturated heterocycles. The van der Waals surface area contributed by atoms with Gasteiger partial charge in [-0.05, 0) is 57.0 Å². The molecule has 2 aromatic rings. The van der Waals surface area contributed by atoms with Crippen LogP contribution in [-0.2, 0) is 14.8 Å². The van der Waals surface area contributed by atoms with E-state index >= 15 is 0 Å². The number of benzene rings is 2. The highest BCUT2D eigenvalue weighted by Gasteiger charge is 2.35. The largest absolute Gasteiger partial charge is 0.492 e. The summed E-state index contributed by atoms with van der Waals surface area (Å²) in [6.07, 6.45) is 1.30. The van der Waals surface area contributed by atoms with Gasteiger partial charge >= 0.3 is 0 Å². The van der Waals surface area contributed by atoms with Crippen LogP contribution in [-0.4, -0.2) is 50.5 Å². The summed E-state index contributed by atoms with van der Waals surface area (Å²) in [6, 6.07) is 11.8. The van der Waals surface area contributed by atoms with Crippen molar-refractivity contribution in [3.63, 3.8) is 0 Å². The van der Waals surface area contributed by atoms with Gasteiger partial charge in [0.25, 0.3) is 5.91 Å². The summed E-state index contributed by atoms with van der Waals surface area (Å²) >= 11 is 0. The lowest BCUT2D eigenvalue weighted by Crippen LogP contribution is -2.46. The van der Waals surface area contributed by atoms with E-state index in [2.05, 4.69) is 5.32 Å². The van der Waals surface area contributed by atoms with Crippen LogP contribution in [0.1, 0.15) is 33.1 Å². The van der Waals surface area contributed by atoms with E-state index in [1.807, 2.05) is 6.07 Å². The van der Waals surface area contributed by atoms with Crippen molar-refractivity contribution >= 4 is 21.6 Å². The Kier molecular flexibility index (Phi) is 6.57. The Balaban J connectivity index is 1.58. The average Bonchev–Trinajstić information content (AvgIpc) is 2.80. The first kappa shape index (κ1) is 22.4. The summed E-state index contributed by atoms with van der Waals surface area (Å²) in [7, 11) is -3.75. The van der Waals surface area contributed by atoms with E-state index in [-0.39, 0.29) is 10.6 Å². The maximum Gasteiger partial charge on any atom is 0.269 e. The Morgan fingerprint density at radius 2 is 1.78 bits per heavy atom. The second kappa shape index (κ2) is 9.38. The van der Waals surface area contributed by atoms with E-state index in [4.69, 9.17) is 14.2 Å². The van der Waals surface area contributed by atoms with Crippen LogP contribution in [0.5, 0.6) is 17.2 Å². The molecular formula is C23H28N2O6S. The molecule has 0 saturated carbocycles. The first-order valence-corrected chi connectivity index (χ1v) is 12.3. The first-order valence-electron chi connectivity index (χ1n) is 10.9. The van der Waals surface area contributed by atoms with Crippen LogP contribution >= 0.6 is 0 Å². The molecule has 2 heterocycles. The molecule has 1 N–H and O–H groups in total. The predicted molar refractivity (Wildman–Crippen MR) is 120 cm³/mol. The second-order valence-corrected chi connectivity index (χ2v) is 9.76. The quantitative estimate of drug-likeness (QED) is 0.710. The number of nitrogens with one attached hydrogen (secondary N) is 1. The molecule has 2 aliphatic rings. The Hall–Kier alpha value is -2.78. The van der Waals surface area contributed by atoms with Crippen LogP contribution in [0.15, 0.2) is 47.4 Å². The van der Waals surface area contributed by atoms with Crippen molar-refractivity contribution in [2.75, 3.05) is 25.0 Å². The van der Waals surface area contributed by atoms with Gasteiger partial charge in [-0.2, -0.15) is 4.31 Å². The maximum absolute atomic E-state index is 13.3. The number of sulfonamides is 1. The molecule has 2 aromatic carbocycles. The van der Waals surface area contributed by atoms with Crippen LogP contribution in [0, 0.1) is 0 Å². The summed E-state index contributed by atoms with van der Waals surface area (Å²) in [4.78, 5) is 13.0. The lowest BCUT2D eigenvalue weighted by atomic mass is 10.1. The topological polar surface area (TPSA) is 94.2 Å². The van der Waals surface area contributed by atoms with E-state index in [1.165, 1.54) is 10.4 Å². The van der Waals surface area contributed by atoms with Gasteiger partial charge in [0.1, 0.15) is 16.7 Å². The highest BCUT2D eigenvalue weighted by atomic mass is 32.2. The number of amides is 1. The van der Waals surface area contributed by atoms with Gasteiger partial charge in [-0.25, -0.2) is 8.42 Å². The molecule has 4 rings (SSSR count). The Morgan fingerprint density at radius 3 is 2.47 bits per heavy atom. The number of carbonyl (C=O) groups excluding carboxylic acids is 1. The number of piperidine rings is 1. The molecule has 2 aliphatic heterocycles. The number of hydrogen-bond donors (Lipinski definition) is 1. The fraction of sp³-hybridized carbons (Fsp3) is 0.435. The van der Waals surface area contributed by atoms with Gasteiger partial charge in [0, 0.05) is 18.8 Å². The highest BCUT2D eigenvalue weighted by Crippen LogP contribution is 2.35. The molecular weight excluding hydrogens is 432 g/mol. The Labute approximate surface area is 188 Å². The molecule has 0 spiro atoms. The SMILES string of the molecule is CCOc1ccc(NC(=O)C2Oc3ccccc3OC2C)cc1S(=O)(=O)N1CCCCC1. The maximum atomic E-state index is 13.3. The molecule has 1 fully saturated rings. The minimum absolute atomic E-state index is 0.0539. The number of ether oxygens (including phenoxy) is 3. The summed E-state index contributed by atoms with van der Waals surface area (Å²) in [5.74, 6) is 0.930. The summed E-state index contributed by atoms with van der Waals surface area (Å²) < 4.78 is 45.3. The first-order chi connectivity index (χ1) is 15.4. The molecule has 172 valence electrons. The Bertz CT molecular complexity index is 1080. The van der Waals surface area contributed by atoms with E-state index in [1.54, 1.807) is 44.2 Å². The van der Waals surface area contributed by atoms with E-state index in [9.17, 15) is 13.2 Å². The van der Waals surface area contributed by atoms with Crippen LogP contribution in [0.4, 0.5) is 5.69 Å². The van der Waals surface area contributed by atoms with E-state index < -0.39 is 28.1 Å². The zero-order chi connectivity index (χ0) is 22.7. The van der Waals surface area contributed by atoms with E-state index in [0.29, 0.717) is 36.9 Å². The monoisotopic (exact) mass is 460 g/mol. The van der Waals surface area contributed by atoms with Crippen LogP contribution in [0.25, 0.3) is 0 Å². The van der Waals surface area contributed by atoms with Gasteiger partial charge in [0.2, 0.25) is 16.1 Å². The zero-order valence-electron chi connectivity index (χ0n) is 18.2. The third-order valence-electron chi connectivity index (χ3n) is 5.54. The number of nitrogens with zero attached hydrogens (tertiary/aromatic N) is 1. The Morgan fingerprint density at radius 1 is 1.09 bits per heavy atom. The predicted octanol–water partition coefficient (Wildman–Crippen LogP) is 3.43. The van der Waals surface area contributed by atoms with Crippen LogP contribution in [0.2, 0.25) is 0 Å². The van der Waals surface area contributed by atoms with Crippen molar-refractivity contribution in [1.82, 2.24) is 4.31 Å². The lowest BCUT2D eigenvalue weighted by molar-refractivity contribution is -0.128. The van der Waals surface area contributed by atoms with Gasteiger partial charge < -0.3 is 19.5 Å². The number of hydrogen-bond acceptors (Lipinski definition) is 6. The number of anilines is 1. The van der Waals surface area contributed by atoms with Gasteiger partial charge in [-0.1, -0.05) is 18.6 Å². The van der Waals surface area contributed by atoms with Crippen molar-refractivity contribution in [2.24, 2.45) is 0 Å². The van der Waals surface area contributed by atoms with Crippen molar-refractivity contribution in [3.05, 3.63) is 42.5 Å². The lowest BCUT2D eigenvalue weighted by Gasteiger charge is -2.31. The molecule has 0 aliphatic carbocycles. The van der Waals surface area contributed by atoms with Gasteiger partial charge in [0.05, 0.1) is 6.61 Å². The van der Waals surface area contributed by atoms with Crippen molar-refractivity contribution in [2.45, 2.75) is 50.2 Å². The van der Waals surface area contributed by atoms with Crippen molar-refractivity contribution < 1.29 is 27.4 Å². The summed E-state index contributed by atoms with van der Waals surface area (Å²) in [5, 5.41) is 2.78. The molecule has 2 atom stereocenters. The molecule has 32 heavy (non-hydrogen) atoms.